The number of nitrogens with zero attached hydrogens (tertiary/aromatic N) is 3. The smallest absolute Gasteiger partial charge is 0.214 e. The number of fused-ring (bicyclic) bond motifs is 2. The molecular weight excluding hydrogens is 230 g/mol. The normalized spacial score (nSPS) is 19.0. The van der Waals surface area contributed by atoms with Gasteiger partial charge in [0.1, 0.15) is 0 Å². The fourth-order valence-electron chi connectivity index (χ4n) is 2.28. The van der Waals surface area contributed by atoms with E-state index in [2.05, 4.69) is 25.3 Å². The monoisotopic (exact) mass is 241 g/mol. The molecule has 0 radical (unpaired) electrons. The van der Waals surface area contributed by atoms with Gasteiger partial charge in [0.15, 0.2) is 11.2 Å². The van der Waals surface area contributed by atoms with Crippen LogP contribution in [-0.2, 0) is 13.0 Å². The van der Waals surface area contributed by atoms with Gasteiger partial charge in [0.25, 0.3) is 0 Å². The minimum Gasteiger partial charge on any atom is -0.437 e. The van der Waals surface area contributed by atoms with Gasteiger partial charge < -0.3 is 9.40 Å². The number of aromatic amines is 1. The van der Waals surface area contributed by atoms with Crippen molar-refractivity contribution in [3.63, 3.8) is 0 Å². The average Bonchev–Trinajstić information content (AvgIpc) is 3.04. The highest BCUT2D eigenvalue weighted by Crippen LogP contribution is 2.25. The van der Waals surface area contributed by atoms with Crippen LogP contribution in [0.2, 0.25) is 0 Å². The molecule has 0 saturated heterocycles. The van der Waals surface area contributed by atoms with Crippen molar-refractivity contribution >= 4 is 11.2 Å². The number of aromatic nitrogens is 4. The highest BCUT2D eigenvalue weighted by atomic mass is 16.3. The van der Waals surface area contributed by atoms with Gasteiger partial charge in [-0.25, -0.2) is 9.97 Å². The van der Waals surface area contributed by atoms with Crippen molar-refractivity contribution in [2.45, 2.75) is 19.0 Å². The van der Waals surface area contributed by atoms with Crippen molar-refractivity contribution in [3.05, 3.63) is 41.9 Å². The van der Waals surface area contributed by atoms with Crippen LogP contribution in [0.25, 0.3) is 11.2 Å². The molecular formula is C12H11N5O. The molecule has 6 heteroatoms. The quantitative estimate of drug-likeness (QED) is 0.672. The number of oxazole rings is 1. The van der Waals surface area contributed by atoms with Crippen molar-refractivity contribution in [1.82, 2.24) is 25.3 Å². The van der Waals surface area contributed by atoms with E-state index in [0.29, 0.717) is 11.5 Å². The molecule has 1 aliphatic heterocycles. The second-order valence-electron chi connectivity index (χ2n) is 4.34. The Morgan fingerprint density at radius 1 is 1.33 bits per heavy atom. The molecule has 0 fully saturated rings. The molecule has 0 amide bonds. The first-order valence-corrected chi connectivity index (χ1v) is 5.86. The van der Waals surface area contributed by atoms with Crippen LogP contribution in [0, 0.1) is 0 Å². The summed E-state index contributed by atoms with van der Waals surface area (Å²) in [6, 6.07) is 3.79. The van der Waals surface area contributed by atoms with E-state index >= 15 is 0 Å². The molecule has 90 valence electrons. The second-order valence-corrected chi connectivity index (χ2v) is 4.34. The highest BCUT2D eigenvalue weighted by Gasteiger charge is 2.25. The van der Waals surface area contributed by atoms with E-state index in [0.717, 1.165) is 29.9 Å². The van der Waals surface area contributed by atoms with Gasteiger partial charge in [-0.05, 0) is 12.1 Å². The average molecular weight is 241 g/mol. The SMILES string of the molecule is c1cnc2nc(C3Cc4nc[nH]c4CN3)oc2c1. The lowest BCUT2D eigenvalue weighted by molar-refractivity contribution is 0.391. The number of rotatable bonds is 1. The van der Waals surface area contributed by atoms with Crippen LogP contribution in [0.5, 0.6) is 0 Å². The maximum Gasteiger partial charge on any atom is 0.214 e. The van der Waals surface area contributed by atoms with E-state index in [1.54, 1.807) is 12.5 Å². The van der Waals surface area contributed by atoms with Crippen LogP contribution in [-0.4, -0.2) is 19.9 Å². The molecule has 0 aromatic carbocycles. The summed E-state index contributed by atoms with van der Waals surface area (Å²) in [4.78, 5) is 16.0. The maximum atomic E-state index is 5.73. The summed E-state index contributed by atoms with van der Waals surface area (Å²) in [5.41, 5.74) is 3.60. The van der Waals surface area contributed by atoms with Crippen molar-refractivity contribution in [1.29, 1.82) is 0 Å². The van der Waals surface area contributed by atoms with Crippen LogP contribution in [0.3, 0.4) is 0 Å². The largest absolute Gasteiger partial charge is 0.437 e. The van der Waals surface area contributed by atoms with Crippen molar-refractivity contribution in [2.24, 2.45) is 0 Å². The summed E-state index contributed by atoms with van der Waals surface area (Å²) in [5, 5.41) is 3.38. The molecule has 4 heterocycles. The molecule has 0 spiro atoms. The van der Waals surface area contributed by atoms with Gasteiger partial charge in [-0.2, -0.15) is 4.98 Å². The Hall–Kier alpha value is -2.21. The lowest BCUT2D eigenvalue weighted by Crippen LogP contribution is -2.28. The third-order valence-electron chi connectivity index (χ3n) is 3.21. The molecule has 4 rings (SSSR count). The Bertz CT molecular complexity index is 668. The maximum absolute atomic E-state index is 5.73. The topological polar surface area (TPSA) is 79.6 Å². The summed E-state index contributed by atoms with van der Waals surface area (Å²) in [5.74, 6) is 0.678. The summed E-state index contributed by atoms with van der Waals surface area (Å²) in [7, 11) is 0. The molecule has 3 aromatic rings. The van der Waals surface area contributed by atoms with E-state index in [4.69, 9.17) is 4.42 Å². The van der Waals surface area contributed by atoms with Gasteiger partial charge in [-0.3, -0.25) is 5.32 Å². The zero-order valence-electron chi connectivity index (χ0n) is 9.55. The number of hydrogen-bond acceptors (Lipinski definition) is 5. The molecule has 6 nitrogen and oxygen atoms in total. The molecule has 0 saturated carbocycles. The van der Waals surface area contributed by atoms with Crippen LogP contribution >= 0.6 is 0 Å². The van der Waals surface area contributed by atoms with Crippen molar-refractivity contribution in [3.8, 4) is 0 Å². The van der Waals surface area contributed by atoms with E-state index in [1.165, 1.54) is 0 Å². The van der Waals surface area contributed by atoms with E-state index < -0.39 is 0 Å². The van der Waals surface area contributed by atoms with E-state index in [1.807, 2.05) is 12.1 Å². The zero-order valence-corrected chi connectivity index (χ0v) is 9.55. The Morgan fingerprint density at radius 3 is 3.28 bits per heavy atom. The van der Waals surface area contributed by atoms with Gasteiger partial charge in [0.2, 0.25) is 5.89 Å². The fraction of sp³-hybridized carbons (Fsp3) is 0.250. The Balaban J connectivity index is 1.72. The van der Waals surface area contributed by atoms with Gasteiger partial charge in [-0.1, -0.05) is 0 Å². The third-order valence-corrected chi connectivity index (χ3v) is 3.21. The van der Waals surface area contributed by atoms with Gasteiger partial charge in [-0.15, -0.1) is 0 Å². The van der Waals surface area contributed by atoms with Crippen LogP contribution in [0.1, 0.15) is 23.3 Å². The van der Waals surface area contributed by atoms with Gasteiger partial charge >= 0.3 is 0 Å². The predicted octanol–water partition coefficient (Wildman–Crippen LogP) is 1.33. The molecule has 2 N–H and O–H groups in total. The summed E-state index contributed by atoms with van der Waals surface area (Å²) in [6.07, 6.45) is 4.22. The van der Waals surface area contributed by atoms with Crippen molar-refractivity contribution in [2.75, 3.05) is 0 Å². The number of nitrogens with one attached hydrogen (secondary N) is 2. The molecule has 3 aromatic heterocycles. The third kappa shape index (κ3) is 1.42. The second kappa shape index (κ2) is 3.64. The lowest BCUT2D eigenvalue weighted by atomic mass is 10.1. The van der Waals surface area contributed by atoms with Crippen molar-refractivity contribution < 1.29 is 4.42 Å². The first kappa shape index (κ1) is 9.78. The van der Waals surface area contributed by atoms with Gasteiger partial charge in [0.05, 0.1) is 23.8 Å². The molecule has 0 aliphatic carbocycles. The minimum absolute atomic E-state index is 0.0648. The summed E-state index contributed by atoms with van der Waals surface area (Å²) in [6.45, 7) is 0.756. The van der Waals surface area contributed by atoms with Crippen LogP contribution in [0.15, 0.2) is 29.1 Å². The van der Waals surface area contributed by atoms with E-state index in [9.17, 15) is 0 Å². The zero-order chi connectivity index (χ0) is 11.9. The first-order chi connectivity index (χ1) is 8.90. The minimum atomic E-state index is 0.0648. The molecule has 1 unspecified atom stereocenters. The summed E-state index contributed by atoms with van der Waals surface area (Å²) < 4.78 is 5.73. The molecule has 1 aliphatic rings. The Labute approximate surface area is 102 Å². The highest BCUT2D eigenvalue weighted by molar-refractivity contribution is 5.67. The predicted molar refractivity (Wildman–Crippen MR) is 63.7 cm³/mol. The Kier molecular flexibility index (Phi) is 1.98. The van der Waals surface area contributed by atoms with Crippen LogP contribution in [0.4, 0.5) is 0 Å². The molecule has 0 bridgehead atoms. The number of hydrogen-bond donors (Lipinski definition) is 2. The lowest BCUT2D eigenvalue weighted by Gasteiger charge is -2.19. The van der Waals surface area contributed by atoms with Gasteiger partial charge in [0, 0.05) is 19.2 Å². The fourth-order valence-corrected chi connectivity index (χ4v) is 2.28. The number of imidazole rings is 1. The number of pyridine rings is 1. The van der Waals surface area contributed by atoms with Crippen LogP contribution < -0.4 is 5.32 Å². The number of H-pyrrole nitrogens is 1. The molecule has 1 atom stereocenters. The molecule has 18 heavy (non-hydrogen) atoms. The van der Waals surface area contributed by atoms with E-state index in [-0.39, 0.29) is 6.04 Å². The Morgan fingerprint density at radius 2 is 2.33 bits per heavy atom. The first-order valence-electron chi connectivity index (χ1n) is 5.86. The summed E-state index contributed by atoms with van der Waals surface area (Å²) >= 11 is 0. The standard InChI is InChI=1S/C12H11N5O/c1-2-10-11(13-3-1)17-12(18-10)8-4-7-9(5-14-8)16-6-15-7/h1-3,6,8,14H,4-5H2,(H,15,16).